The van der Waals surface area contributed by atoms with E-state index in [0.29, 0.717) is 22.3 Å². The number of nitrogens with zero attached hydrogens (tertiary/aromatic N) is 1. The summed E-state index contributed by atoms with van der Waals surface area (Å²) >= 11 is 3.26. The van der Waals surface area contributed by atoms with Crippen molar-refractivity contribution in [1.82, 2.24) is 4.90 Å². The zero-order chi connectivity index (χ0) is 13.7. The van der Waals surface area contributed by atoms with Crippen molar-refractivity contribution in [2.24, 2.45) is 0 Å². The number of esters is 1. The minimum atomic E-state index is -0.437. The average Bonchev–Trinajstić information content (AvgIpc) is 2.32. The molecule has 0 aliphatic rings. The fourth-order valence-electron chi connectivity index (χ4n) is 1.39. The van der Waals surface area contributed by atoms with Crippen LogP contribution in [0.2, 0.25) is 0 Å². The van der Waals surface area contributed by atoms with Crippen molar-refractivity contribution in [2.45, 2.75) is 6.92 Å². The highest BCUT2D eigenvalue weighted by Crippen LogP contribution is 2.24. The van der Waals surface area contributed by atoms with Gasteiger partial charge in [0.25, 0.3) is 5.91 Å². The molecule has 0 fully saturated rings. The van der Waals surface area contributed by atoms with Crippen molar-refractivity contribution in [3.63, 3.8) is 0 Å². The third kappa shape index (κ3) is 3.46. The lowest BCUT2D eigenvalue weighted by molar-refractivity contribution is -0.143. The third-order valence-corrected chi connectivity index (χ3v) is 3.16. The smallest absolute Gasteiger partial charge is 0.325 e. The molecule has 0 atom stereocenters. The monoisotopic (exact) mass is 314 g/mol. The molecule has 5 nitrogen and oxygen atoms in total. The Morgan fingerprint density at radius 1 is 1.44 bits per heavy atom. The summed E-state index contributed by atoms with van der Waals surface area (Å²) in [7, 11) is 1.54. The first-order valence-corrected chi connectivity index (χ1v) is 6.21. The van der Waals surface area contributed by atoms with Gasteiger partial charge in [-0.05, 0) is 35.0 Å². The van der Waals surface area contributed by atoms with Gasteiger partial charge in [0.05, 0.1) is 16.6 Å². The average molecular weight is 315 g/mol. The van der Waals surface area contributed by atoms with Gasteiger partial charge in [-0.3, -0.25) is 9.59 Å². The molecule has 0 spiro atoms. The Morgan fingerprint density at radius 2 is 2.11 bits per heavy atom. The van der Waals surface area contributed by atoms with E-state index < -0.39 is 5.97 Å². The van der Waals surface area contributed by atoms with Crippen molar-refractivity contribution in [3.05, 3.63) is 28.2 Å². The molecule has 0 aliphatic carbocycles. The van der Waals surface area contributed by atoms with E-state index >= 15 is 0 Å². The molecular weight excluding hydrogens is 300 g/mol. The molecule has 0 aromatic heterocycles. The summed E-state index contributed by atoms with van der Waals surface area (Å²) in [6, 6.07) is 5.02. The largest absolute Gasteiger partial charge is 0.465 e. The van der Waals surface area contributed by atoms with Crippen molar-refractivity contribution >= 4 is 33.5 Å². The van der Waals surface area contributed by atoms with Crippen LogP contribution in [0.4, 0.5) is 5.69 Å². The summed E-state index contributed by atoms with van der Waals surface area (Å²) in [5.74, 6) is -0.726. The standard InChI is InChI=1S/C12H15BrN2O3/c1-3-18-10(16)7-15(2)12(17)8-5-4-6-9(14)11(8)13/h4-6H,3,7,14H2,1-2H3. The van der Waals surface area contributed by atoms with Crippen LogP contribution in [0.25, 0.3) is 0 Å². The maximum atomic E-state index is 12.1. The summed E-state index contributed by atoms with van der Waals surface area (Å²) in [4.78, 5) is 24.7. The molecule has 0 bridgehead atoms. The quantitative estimate of drug-likeness (QED) is 0.677. The molecule has 2 N–H and O–H groups in total. The molecular formula is C12H15BrN2O3. The van der Waals surface area contributed by atoms with Gasteiger partial charge in [-0.1, -0.05) is 6.07 Å². The van der Waals surface area contributed by atoms with Crippen LogP contribution in [0.3, 0.4) is 0 Å². The molecule has 1 rings (SSSR count). The zero-order valence-electron chi connectivity index (χ0n) is 10.3. The van der Waals surface area contributed by atoms with Crippen LogP contribution >= 0.6 is 15.9 Å². The number of anilines is 1. The van der Waals surface area contributed by atoms with E-state index in [9.17, 15) is 9.59 Å². The summed E-state index contributed by atoms with van der Waals surface area (Å²) in [6.07, 6.45) is 0. The van der Waals surface area contributed by atoms with Crippen molar-refractivity contribution in [2.75, 3.05) is 25.9 Å². The number of amides is 1. The molecule has 1 aromatic rings. The molecule has 0 saturated heterocycles. The van der Waals surface area contributed by atoms with Gasteiger partial charge in [0, 0.05) is 12.7 Å². The Hall–Kier alpha value is -1.56. The normalized spacial score (nSPS) is 9.94. The lowest BCUT2D eigenvalue weighted by atomic mass is 10.2. The Bertz CT molecular complexity index is 463. The van der Waals surface area contributed by atoms with E-state index in [1.54, 1.807) is 25.1 Å². The van der Waals surface area contributed by atoms with Gasteiger partial charge in [-0.15, -0.1) is 0 Å². The van der Waals surface area contributed by atoms with Crippen LogP contribution in [0, 0.1) is 0 Å². The molecule has 0 aliphatic heterocycles. The fourth-order valence-corrected chi connectivity index (χ4v) is 1.83. The van der Waals surface area contributed by atoms with Crippen molar-refractivity contribution in [3.8, 4) is 0 Å². The van der Waals surface area contributed by atoms with Crippen LogP contribution in [0.1, 0.15) is 17.3 Å². The Kier molecular flexibility index (Phi) is 5.15. The zero-order valence-corrected chi connectivity index (χ0v) is 11.9. The molecule has 0 saturated carbocycles. The minimum absolute atomic E-state index is 0.0894. The number of hydrogen-bond acceptors (Lipinski definition) is 4. The molecule has 18 heavy (non-hydrogen) atoms. The van der Waals surface area contributed by atoms with Gasteiger partial charge in [0.2, 0.25) is 0 Å². The highest BCUT2D eigenvalue weighted by atomic mass is 79.9. The van der Waals surface area contributed by atoms with E-state index in [-0.39, 0.29) is 12.5 Å². The van der Waals surface area contributed by atoms with Gasteiger partial charge >= 0.3 is 5.97 Å². The fraction of sp³-hybridized carbons (Fsp3) is 0.333. The summed E-state index contributed by atoms with van der Waals surface area (Å²) < 4.78 is 5.32. The van der Waals surface area contributed by atoms with Crippen LogP contribution in [-0.2, 0) is 9.53 Å². The van der Waals surface area contributed by atoms with Gasteiger partial charge < -0.3 is 15.4 Å². The lowest BCUT2D eigenvalue weighted by Gasteiger charge is -2.17. The summed E-state index contributed by atoms with van der Waals surface area (Å²) in [6.45, 7) is 1.92. The van der Waals surface area contributed by atoms with Crippen LogP contribution in [-0.4, -0.2) is 37.0 Å². The maximum absolute atomic E-state index is 12.1. The van der Waals surface area contributed by atoms with Gasteiger partial charge in [0.15, 0.2) is 0 Å². The second-order valence-corrected chi connectivity index (χ2v) is 4.47. The Labute approximate surface area is 114 Å². The predicted octanol–water partition coefficient (Wildman–Crippen LogP) is 1.67. The third-order valence-electron chi connectivity index (χ3n) is 2.28. The highest BCUT2D eigenvalue weighted by Gasteiger charge is 2.18. The van der Waals surface area contributed by atoms with Gasteiger partial charge in [-0.25, -0.2) is 0 Å². The van der Waals surface area contributed by atoms with Gasteiger partial charge in [-0.2, -0.15) is 0 Å². The number of carbonyl (C=O) groups is 2. The van der Waals surface area contributed by atoms with E-state index in [2.05, 4.69) is 15.9 Å². The van der Waals surface area contributed by atoms with E-state index in [0.717, 1.165) is 0 Å². The number of nitrogen functional groups attached to an aromatic ring is 1. The van der Waals surface area contributed by atoms with Gasteiger partial charge in [0.1, 0.15) is 6.54 Å². The highest BCUT2D eigenvalue weighted by molar-refractivity contribution is 9.10. The first kappa shape index (κ1) is 14.5. The molecule has 1 amide bonds. The van der Waals surface area contributed by atoms with Crippen molar-refractivity contribution < 1.29 is 14.3 Å². The number of benzene rings is 1. The Morgan fingerprint density at radius 3 is 2.72 bits per heavy atom. The second-order valence-electron chi connectivity index (χ2n) is 3.68. The van der Waals surface area contributed by atoms with Crippen LogP contribution < -0.4 is 5.73 Å². The SMILES string of the molecule is CCOC(=O)CN(C)C(=O)c1cccc(N)c1Br. The number of halogens is 1. The first-order chi connectivity index (χ1) is 8.47. The number of hydrogen-bond donors (Lipinski definition) is 1. The summed E-state index contributed by atoms with van der Waals surface area (Å²) in [5, 5.41) is 0. The Balaban J connectivity index is 2.81. The topological polar surface area (TPSA) is 72.6 Å². The van der Waals surface area contributed by atoms with E-state index in [1.165, 1.54) is 11.9 Å². The minimum Gasteiger partial charge on any atom is -0.465 e. The molecule has 1 aromatic carbocycles. The number of ether oxygens (including phenoxy) is 1. The van der Waals surface area contributed by atoms with Crippen LogP contribution in [0.5, 0.6) is 0 Å². The summed E-state index contributed by atoms with van der Waals surface area (Å²) in [5.41, 5.74) is 6.59. The molecule has 0 unspecified atom stereocenters. The van der Waals surface area contributed by atoms with E-state index in [1.807, 2.05) is 0 Å². The lowest BCUT2D eigenvalue weighted by Crippen LogP contribution is -2.33. The predicted molar refractivity (Wildman–Crippen MR) is 72.1 cm³/mol. The molecule has 98 valence electrons. The number of rotatable bonds is 4. The molecule has 6 heteroatoms. The molecule has 0 radical (unpaired) electrons. The van der Waals surface area contributed by atoms with Crippen LogP contribution in [0.15, 0.2) is 22.7 Å². The van der Waals surface area contributed by atoms with Crippen molar-refractivity contribution in [1.29, 1.82) is 0 Å². The number of nitrogens with two attached hydrogens (primary N) is 1. The first-order valence-electron chi connectivity index (χ1n) is 5.42. The maximum Gasteiger partial charge on any atom is 0.325 e. The molecule has 0 heterocycles. The second kappa shape index (κ2) is 6.39. The number of likely N-dealkylation sites (N-methyl/N-ethyl adjacent to an activating group) is 1. The number of carbonyl (C=O) groups excluding carboxylic acids is 2. The van der Waals surface area contributed by atoms with E-state index in [4.69, 9.17) is 10.5 Å².